The molecule has 0 bridgehead atoms. The van der Waals surface area contributed by atoms with Crippen LogP contribution in [0, 0.1) is 13.8 Å². The number of hydrogen-bond acceptors (Lipinski definition) is 6. The van der Waals surface area contributed by atoms with Gasteiger partial charge in [-0.2, -0.15) is 0 Å². The SMILES string of the molecule is Cc1ncc(C)c(N2CCc3c(nc(-c4ccc(C(N)=O)cc4)[nH]c3=O)C2)n1. The smallest absolute Gasteiger partial charge is 0.254 e. The molecular weight excluding hydrogens is 356 g/mol. The number of hydrogen-bond donors (Lipinski definition) is 2. The second kappa shape index (κ2) is 6.88. The fourth-order valence-electron chi connectivity index (χ4n) is 3.39. The van der Waals surface area contributed by atoms with Gasteiger partial charge in [0, 0.05) is 35.0 Å². The monoisotopic (exact) mass is 376 g/mol. The summed E-state index contributed by atoms with van der Waals surface area (Å²) in [5, 5.41) is 0. The van der Waals surface area contributed by atoms with Crippen molar-refractivity contribution in [3.8, 4) is 11.4 Å². The Morgan fingerprint density at radius 2 is 1.93 bits per heavy atom. The lowest BCUT2D eigenvalue weighted by atomic mass is 10.0. The molecule has 0 saturated heterocycles. The molecule has 0 fully saturated rings. The molecule has 0 atom stereocenters. The molecule has 1 aliphatic heterocycles. The number of aryl methyl sites for hydroxylation is 2. The highest BCUT2D eigenvalue weighted by Gasteiger charge is 2.23. The third-order valence-corrected chi connectivity index (χ3v) is 4.88. The zero-order chi connectivity index (χ0) is 19.8. The first-order chi connectivity index (χ1) is 13.4. The Labute approximate surface area is 161 Å². The quantitative estimate of drug-likeness (QED) is 0.715. The molecule has 0 unspecified atom stereocenters. The highest BCUT2D eigenvalue weighted by Crippen LogP contribution is 2.24. The summed E-state index contributed by atoms with van der Waals surface area (Å²) in [4.78, 5) is 42.3. The van der Waals surface area contributed by atoms with E-state index in [2.05, 4.69) is 24.8 Å². The minimum atomic E-state index is -0.496. The van der Waals surface area contributed by atoms with Crippen LogP contribution in [0.3, 0.4) is 0 Å². The number of primary amides is 1. The molecule has 1 aromatic carbocycles. The van der Waals surface area contributed by atoms with E-state index >= 15 is 0 Å². The Morgan fingerprint density at radius 3 is 2.64 bits per heavy atom. The minimum absolute atomic E-state index is 0.130. The van der Waals surface area contributed by atoms with Crippen molar-refractivity contribution < 1.29 is 4.79 Å². The van der Waals surface area contributed by atoms with Crippen LogP contribution in [0.4, 0.5) is 5.82 Å². The molecule has 2 aromatic heterocycles. The lowest BCUT2D eigenvalue weighted by Gasteiger charge is -2.29. The van der Waals surface area contributed by atoms with E-state index in [0.717, 1.165) is 22.6 Å². The second-order valence-corrected chi connectivity index (χ2v) is 6.88. The number of nitrogens with two attached hydrogens (primary N) is 1. The molecule has 28 heavy (non-hydrogen) atoms. The fraction of sp³-hybridized carbons (Fsp3) is 0.250. The summed E-state index contributed by atoms with van der Waals surface area (Å²) in [5.74, 6) is 1.55. The summed E-state index contributed by atoms with van der Waals surface area (Å²) in [7, 11) is 0. The number of benzene rings is 1. The third kappa shape index (κ3) is 3.24. The van der Waals surface area contributed by atoms with E-state index in [0.29, 0.717) is 42.3 Å². The number of carbonyl (C=O) groups is 1. The Kier molecular flexibility index (Phi) is 4.38. The average molecular weight is 376 g/mol. The van der Waals surface area contributed by atoms with Gasteiger partial charge in [-0.1, -0.05) is 12.1 Å². The van der Waals surface area contributed by atoms with Crippen molar-refractivity contribution in [2.24, 2.45) is 5.73 Å². The van der Waals surface area contributed by atoms with Gasteiger partial charge in [0.25, 0.3) is 5.56 Å². The maximum Gasteiger partial charge on any atom is 0.254 e. The summed E-state index contributed by atoms with van der Waals surface area (Å²) in [6.45, 7) is 5.03. The molecule has 8 heteroatoms. The van der Waals surface area contributed by atoms with E-state index in [4.69, 9.17) is 5.73 Å². The zero-order valence-electron chi connectivity index (χ0n) is 15.7. The molecule has 3 aromatic rings. The van der Waals surface area contributed by atoms with Gasteiger partial charge in [-0.05, 0) is 32.4 Å². The number of anilines is 1. The number of nitrogens with one attached hydrogen (secondary N) is 1. The van der Waals surface area contributed by atoms with Crippen LogP contribution in [-0.4, -0.2) is 32.4 Å². The van der Waals surface area contributed by atoms with Gasteiger partial charge < -0.3 is 15.6 Å². The molecule has 1 aliphatic rings. The molecule has 8 nitrogen and oxygen atoms in total. The summed E-state index contributed by atoms with van der Waals surface area (Å²) in [6, 6.07) is 6.69. The van der Waals surface area contributed by atoms with Crippen LogP contribution < -0.4 is 16.2 Å². The fourth-order valence-corrected chi connectivity index (χ4v) is 3.39. The van der Waals surface area contributed by atoms with Crippen LogP contribution in [0.2, 0.25) is 0 Å². The minimum Gasteiger partial charge on any atom is -0.366 e. The van der Waals surface area contributed by atoms with Gasteiger partial charge >= 0.3 is 0 Å². The van der Waals surface area contributed by atoms with E-state index in [-0.39, 0.29) is 5.56 Å². The van der Waals surface area contributed by atoms with Crippen molar-refractivity contribution in [3.63, 3.8) is 0 Å². The first-order valence-corrected chi connectivity index (χ1v) is 9.00. The second-order valence-electron chi connectivity index (χ2n) is 6.88. The van der Waals surface area contributed by atoms with Crippen molar-refractivity contribution in [3.05, 3.63) is 69.0 Å². The highest BCUT2D eigenvalue weighted by atomic mass is 16.1. The van der Waals surface area contributed by atoms with Crippen LogP contribution in [0.15, 0.2) is 35.3 Å². The molecule has 142 valence electrons. The van der Waals surface area contributed by atoms with Crippen molar-refractivity contribution in [1.29, 1.82) is 0 Å². The van der Waals surface area contributed by atoms with Gasteiger partial charge in [-0.25, -0.2) is 15.0 Å². The highest BCUT2D eigenvalue weighted by molar-refractivity contribution is 5.93. The lowest BCUT2D eigenvalue weighted by molar-refractivity contribution is 0.100. The van der Waals surface area contributed by atoms with Crippen molar-refractivity contribution in [1.82, 2.24) is 19.9 Å². The average Bonchev–Trinajstić information content (AvgIpc) is 2.69. The van der Waals surface area contributed by atoms with E-state index in [9.17, 15) is 9.59 Å². The molecule has 0 aliphatic carbocycles. The topological polar surface area (TPSA) is 118 Å². The molecule has 3 heterocycles. The number of H-pyrrole nitrogens is 1. The number of rotatable bonds is 3. The van der Waals surface area contributed by atoms with Crippen molar-refractivity contribution in [2.45, 2.75) is 26.8 Å². The van der Waals surface area contributed by atoms with Gasteiger partial charge in [0.15, 0.2) is 0 Å². The molecular formula is C20H20N6O2. The first kappa shape index (κ1) is 17.8. The Hall–Kier alpha value is -3.55. The number of aromatic amines is 1. The van der Waals surface area contributed by atoms with Crippen LogP contribution in [-0.2, 0) is 13.0 Å². The molecule has 0 spiro atoms. The Bertz CT molecular complexity index is 1120. The number of amides is 1. The van der Waals surface area contributed by atoms with Gasteiger partial charge in [-0.15, -0.1) is 0 Å². The van der Waals surface area contributed by atoms with Crippen molar-refractivity contribution in [2.75, 3.05) is 11.4 Å². The predicted molar refractivity (Wildman–Crippen MR) is 105 cm³/mol. The standard InChI is InChI=1S/C20H20N6O2/c1-11-9-22-12(2)23-19(11)26-8-7-15-16(10-26)24-18(25-20(15)28)14-5-3-13(4-6-14)17(21)27/h3-6,9H,7-8,10H2,1-2H3,(H2,21,27)(H,24,25,28). The lowest BCUT2D eigenvalue weighted by Crippen LogP contribution is -2.36. The summed E-state index contributed by atoms with van der Waals surface area (Å²) in [5.41, 5.74) is 8.71. The normalized spacial score (nSPS) is 13.3. The van der Waals surface area contributed by atoms with Gasteiger partial charge in [0.05, 0.1) is 12.2 Å². The molecule has 3 N–H and O–H groups in total. The number of nitrogens with zero attached hydrogens (tertiary/aromatic N) is 4. The zero-order valence-corrected chi connectivity index (χ0v) is 15.7. The molecule has 1 amide bonds. The summed E-state index contributed by atoms with van der Waals surface area (Å²) in [6.07, 6.45) is 2.41. The molecule has 4 rings (SSSR count). The van der Waals surface area contributed by atoms with Crippen LogP contribution in [0.1, 0.15) is 33.0 Å². The largest absolute Gasteiger partial charge is 0.366 e. The van der Waals surface area contributed by atoms with Crippen molar-refractivity contribution >= 4 is 11.7 Å². The van der Waals surface area contributed by atoms with Gasteiger partial charge in [0.1, 0.15) is 17.5 Å². The van der Waals surface area contributed by atoms with Crippen LogP contribution in [0.5, 0.6) is 0 Å². The number of fused-ring (bicyclic) bond motifs is 1. The van der Waals surface area contributed by atoms with Gasteiger partial charge in [0.2, 0.25) is 5.91 Å². The van der Waals surface area contributed by atoms with E-state index < -0.39 is 5.91 Å². The number of aromatic nitrogens is 4. The third-order valence-electron chi connectivity index (χ3n) is 4.88. The number of carbonyl (C=O) groups excluding carboxylic acids is 1. The predicted octanol–water partition coefficient (Wildman–Crippen LogP) is 1.51. The maximum absolute atomic E-state index is 12.6. The maximum atomic E-state index is 12.6. The first-order valence-electron chi connectivity index (χ1n) is 9.00. The Balaban J connectivity index is 1.70. The van der Waals surface area contributed by atoms with E-state index in [1.54, 1.807) is 24.3 Å². The Morgan fingerprint density at radius 1 is 1.18 bits per heavy atom. The van der Waals surface area contributed by atoms with E-state index in [1.807, 2.05) is 20.0 Å². The van der Waals surface area contributed by atoms with E-state index in [1.165, 1.54) is 0 Å². The van der Waals surface area contributed by atoms with Crippen LogP contribution in [0.25, 0.3) is 11.4 Å². The molecule has 0 saturated carbocycles. The molecule has 0 radical (unpaired) electrons. The van der Waals surface area contributed by atoms with Crippen LogP contribution >= 0.6 is 0 Å². The summed E-state index contributed by atoms with van der Waals surface area (Å²) >= 11 is 0. The summed E-state index contributed by atoms with van der Waals surface area (Å²) < 4.78 is 0. The van der Waals surface area contributed by atoms with Gasteiger partial charge in [-0.3, -0.25) is 9.59 Å².